The number of aliphatic hydroxyl groups is 1. The molecule has 12 heteroatoms. The molecule has 0 radical (unpaired) electrons. The summed E-state index contributed by atoms with van der Waals surface area (Å²) in [6, 6.07) is 12.8. The number of methoxy groups -OCH3 is 2. The summed E-state index contributed by atoms with van der Waals surface area (Å²) in [5.41, 5.74) is 7.19. The van der Waals surface area contributed by atoms with E-state index < -0.39 is 12.0 Å². The van der Waals surface area contributed by atoms with Crippen LogP contribution < -0.4 is 24.8 Å². The van der Waals surface area contributed by atoms with Crippen molar-refractivity contribution in [2.45, 2.75) is 13.0 Å². The Morgan fingerprint density at radius 2 is 1.77 bits per heavy atom. The maximum absolute atomic E-state index is 11.2. The number of carbonyl (C=O) groups is 1. The van der Waals surface area contributed by atoms with Crippen LogP contribution in [-0.4, -0.2) is 66.5 Å². The van der Waals surface area contributed by atoms with Crippen molar-refractivity contribution in [2.75, 3.05) is 38.8 Å². The number of aromatic nitrogens is 2. The van der Waals surface area contributed by atoms with E-state index >= 15 is 0 Å². The molecule has 1 amide bonds. The van der Waals surface area contributed by atoms with Gasteiger partial charge < -0.3 is 40.4 Å². The van der Waals surface area contributed by atoms with E-state index in [4.69, 9.17) is 19.9 Å². The average Bonchev–Trinajstić information content (AvgIpc) is 3.32. The predicted molar refractivity (Wildman–Crippen MR) is 140 cm³/mol. The number of H-pyrrole nitrogens is 1. The molecule has 10 nitrogen and oxygen atoms in total. The second-order valence-electron chi connectivity index (χ2n) is 7.08. The van der Waals surface area contributed by atoms with Gasteiger partial charge in [0.05, 0.1) is 20.4 Å². The Hall–Kier alpha value is -3.18. The molecule has 194 valence electrons. The zero-order valence-corrected chi connectivity index (χ0v) is 21.3. The van der Waals surface area contributed by atoms with E-state index in [0.717, 1.165) is 11.3 Å². The van der Waals surface area contributed by atoms with E-state index in [9.17, 15) is 9.90 Å². The molecule has 6 N–H and O–H groups in total. The van der Waals surface area contributed by atoms with Gasteiger partial charge in [-0.2, -0.15) is 0 Å². The number of carbonyl (C=O) groups excluding carboxylic acids is 1. The molecule has 0 aliphatic heterocycles. The van der Waals surface area contributed by atoms with Gasteiger partial charge in [0.2, 0.25) is 0 Å². The van der Waals surface area contributed by atoms with Crippen molar-refractivity contribution in [3.63, 3.8) is 0 Å². The van der Waals surface area contributed by atoms with Crippen molar-refractivity contribution in [1.29, 1.82) is 0 Å². The highest BCUT2D eigenvalue weighted by atomic mass is 35.5. The van der Waals surface area contributed by atoms with Crippen molar-refractivity contribution >= 4 is 36.4 Å². The molecule has 1 aromatic heterocycles. The summed E-state index contributed by atoms with van der Waals surface area (Å²) in [6.45, 7) is 3.25. The van der Waals surface area contributed by atoms with Crippen LogP contribution in [0.15, 0.2) is 48.7 Å². The maximum atomic E-state index is 11.2. The molecule has 0 saturated carbocycles. The number of nitrogens with one attached hydrogen (secondary N) is 1. The Balaban J connectivity index is 0.00000385. The number of anilines is 1. The number of aliphatic hydroxyl groups excluding tert-OH is 1. The number of likely N-dealkylation sites (N-methyl/N-ethyl adjacent to an activating group) is 1. The molecule has 3 rings (SSSR count). The SMILES string of the molecule is CCN(CC(O)COc1ccc(-c2ncc(C(N)=O)[nH]2)cc1)c1ccc(OC)c(OC)c1.Cl.Cl.O. The molecule has 0 fully saturated rings. The number of halogens is 2. The predicted octanol–water partition coefficient (Wildman–Crippen LogP) is 2.48. The van der Waals surface area contributed by atoms with E-state index in [1.165, 1.54) is 6.20 Å². The van der Waals surface area contributed by atoms with Gasteiger partial charge in [0, 0.05) is 30.4 Å². The standard InChI is InChI=1S/C23H28N4O5.2ClH.H2O/c1-4-27(16-7-10-20(30-2)21(11-16)31-3)13-17(28)14-32-18-8-5-15(6-9-18)23-25-12-19(26-23)22(24)29;;;/h5-12,17,28H,4,13-14H2,1-3H3,(H2,24,29)(H,25,26);2*1H;1H2. The van der Waals surface area contributed by atoms with Crippen LogP contribution in [0.3, 0.4) is 0 Å². The summed E-state index contributed by atoms with van der Waals surface area (Å²) in [5, 5.41) is 10.5. The van der Waals surface area contributed by atoms with E-state index in [1.807, 2.05) is 42.2 Å². The Kier molecular flexibility index (Phi) is 13.6. The number of rotatable bonds is 11. The highest BCUT2D eigenvalue weighted by molar-refractivity contribution is 5.91. The molecule has 0 bridgehead atoms. The molecule has 35 heavy (non-hydrogen) atoms. The normalized spacial score (nSPS) is 10.6. The van der Waals surface area contributed by atoms with Crippen molar-refractivity contribution in [2.24, 2.45) is 5.73 Å². The first-order chi connectivity index (χ1) is 15.4. The minimum Gasteiger partial charge on any atom is -0.493 e. The van der Waals surface area contributed by atoms with E-state index in [1.54, 1.807) is 26.4 Å². The minimum atomic E-state index is -0.703. The first-order valence-electron chi connectivity index (χ1n) is 10.2. The van der Waals surface area contributed by atoms with Gasteiger partial charge >= 0.3 is 0 Å². The van der Waals surface area contributed by atoms with Gasteiger partial charge in [-0.15, -0.1) is 24.8 Å². The van der Waals surface area contributed by atoms with Crippen molar-refractivity contribution in [1.82, 2.24) is 9.97 Å². The number of nitrogens with zero attached hydrogens (tertiary/aromatic N) is 2. The van der Waals surface area contributed by atoms with Crippen LogP contribution in [0.25, 0.3) is 11.4 Å². The second kappa shape index (κ2) is 14.9. The Morgan fingerprint density at radius 3 is 2.31 bits per heavy atom. The number of benzene rings is 2. The molecule has 3 aromatic rings. The lowest BCUT2D eigenvalue weighted by molar-refractivity contribution is 0.0996. The first kappa shape index (κ1) is 31.8. The number of hydrogen-bond donors (Lipinski definition) is 3. The number of amides is 1. The van der Waals surface area contributed by atoms with Crippen LogP contribution in [0.1, 0.15) is 17.4 Å². The number of primary amides is 1. The lowest BCUT2D eigenvalue weighted by Gasteiger charge is -2.26. The zero-order chi connectivity index (χ0) is 23.1. The smallest absolute Gasteiger partial charge is 0.266 e. The molecule has 0 saturated heterocycles. The van der Waals surface area contributed by atoms with E-state index in [2.05, 4.69) is 9.97 Å². The summed E-state index contributed by atoms with van der Waals surface area (Å²) in [7, 11) is 3.18. The summed E-state index contributed by atoms with van der Waals surface area (Å²) in [5.74, 6) is 1.88. The first-order valence-corrected chi connectivity index (χ1v) is 10.2. The maximum Gasteiger partial charge on any atom is 0.266 e. The molecule has 1 heterocycles. The van der Waals surface area contributed by atoms with Crippen LogP contribution in [0.2, 0.25) is 0 Å². The van der Waals surface area contributed by atoms with Crippen molar-refractivity contribution < 1.29 is 29.6 Å². The van der Waals surface area contributed by atoms with Gasteiger partial charge in [-0.25, -0.2) is 4.98 Å². The van der Waals surface area contributed by atoms with Gasteiger partial charge in [0.1, 0.15) is 30.0 Å². The fourth-order valence-corrected chi connectivity index (χ4v) is 3.24. The number of aromatic amines is 1. The monoisotopic (exact) mass is 530 g/mol. The highest BCUT2D eigenvalue weighted by Gasteiger charge is 2.15. The number of imidazole rings is 1. The zero-order valence-electron chi connectivity index (χ0n) is 19.7. The van der Waals surface area contributed by atoms with E-state index in [-0.39, 0.29) is 42.6 Å². The number of hydrogen-bond acceptors (Lipinski definition) is 7. The van der Waals surface area contributed by atoms with Gasteiger partial charge in [-0.3, -0.25) is 4.79 Å². The van der Waals surface area contributed by atoms with Crippen LogP contribution >= 0.6 is 24.8 Å². The number of nitrogens with two attached hydrogens (primary N) is 1. The largest absolute Gasteiger partial charge is 0.493 e. The van der Waals surface area contributed by atoms with Crippen LogP contribution in [0, 0.1) is 0 Å². The van der Waals surface area contributed by atoms with Gasteiger partial charge in [-0.05, 0) is 43.3 Å². The molecular formula is C23H32Cl2N4O6. The minimum absolute atomic E-state index is 0. The van der Waals surface area contributed by atoms with Gasteiger partial charge in [0.25, 0.3) is 5.91 Å². The number of ether oxygens (including phenoxy) is 3. The molecule has 0 spiro atoms. The van der Waals surface area contributed by atoms with Crippen molar-refractivity contribution in [3.05, 3.63) is 54.4 Å². The van der Waals surface area contributed by atoms with Crippen LogP contribution in [0.4, 0.5) is 5.69 Å². The third-order valence-corrected chi connectivity index (χ3v) is 4.96. The van der Waals surface area contributed by atoms with Gasteiger partial charge in [0.15, 0.2) is 11.5 Å². The van der Waals surface area contributed by atoms with E-state index in [0.29, 0.717) is 36.2 Å². The second-order valence-corrected chi connectivity index (χ2v) is 7.08. The molecule has 2 aromatic carbocycles. The Bertz CT molecular complexity index is 1050. The van der Waals surface area contributed by atoms with Gasteiger partial charge in [-0.1, -0.05) is 0 Å². The Labute approximate surface area is 216 Å². The topological polar surface area (TPSA) is 154 Å². The summed E-state index contributed by atoms with van der Waals surface area (Å²) >= 11 is 0. The Morgan fingerprint density at radius 1 is 1.11 bits per heavy atom. The van der Waals surface area contributed by atoms with Crippen LogP contribution in [0.5, 0.6) is 17.2 Å². The quantitative estimate of drug-likeness (QED) is 0.343. The summed E-state index contributed by atoms with van der Waals surface area (Å²) < 4.78 is 16.4. The summed E-state index contributed by atoms with van der Waals surface area (Å²) in [6.07, 6.45) is 0.696. The molecule has 1 atom stereocenters. The average molecular weight is 531 g/mol. The lowest BCUT2D eigenvalue weighted by atomic mass is 10.2. The fourth-order valence-electron chi connectivity index (χ4n) is 3.24. The van der Waals surface area contributed by atoms with Crippen molar-refractivity contribution in [3.8, 4) is 28.6 Å². The molecular weight excluding hydrogens is 499 g/mol. The summed E-state index contributed by atoms with van der Waals surface area (Å²) in [4.78, 5) is 20.2. The lowest BCUT2D eigenvalue weighted by Crippen LogP contribution is -2.35. The van der Waals surface area contributed by atoms with Crippen LogP contribution in [-0.2, 0) is 0 Å². The molecule has 1 unspecified atom stereocenters. The fraction of sp³-hybridized carbons (Fsp3) is 0.304. The third-order valence-electron chi connectivity index (χ3n) is 4.96. The molecule has 0 aliphatic carbocycles. The highest BCUT2D eigenvalue weighted by Crippen LogP contribution is 2.31. The molecule has 0 aliphatic rings. The third kappa shape index (κ3) is 8.22.